The Morgan fingerprint density at radius 3 is 2.59 bits per heavy atom. The third-order valence-corrected chi connectivity index (χ3v) is 4.17. The van der Waals surface area contributed by atoms with E-state index >= 15 is 0 Å². The van der Waals surface area contributed by atoms with Crippen LogP contribution < -0.4 is 10.1 Å². The van der Waals surface area contributed by atoms with Gasteiger partial charge >= 0.3 is 5.97 Å². The lowest BCUT2D eigenvalue weighted by Crippen LogP contribution is -2.40. The van der Waals surface area contributed by atoms with Gasteiger partial charge in [-0.05, 0) is 56.4 Å². The number of halogens is 1. The fourth-order valence-electron chi connectivity index (χ4n) is 2.67. The first-order valence-corrected chi connectivity index (χ1v) is 7.74. The van der Waals surface area contributed by atoms with Crippen LogP contribution in [0.4, 0.5) is 0 Å². The van der Waals surface area contributed by atoms with E-state index in [0.29, 0.717) is 36.5 Å². The zero-order chi connectivity index (χ0) is 16.1. The molecule has 1 fully saturated rings. The summed E-state index contributed by atoms with van der Waals surface area (Å²) in [4.78, 5) is 22.8. The Kier molecular flexibility index (Phi) is 5.66. The molecular formula is C16H20ClNO4. The van der Waals surface area contributed by atoms with Gasteiger partial charge in [-0.1, -0.05) is 11.6 Å². The van der Waals surface area contributed by atoms with Crippen LogP contribution in [0, 0.1) is 12.8 Å². The molecule has 5 nitrogen and oxygen atoms in total. The summed E-state index contributed by atoms with van der Waals surface area (Å²) in [5.74, 6) is -0.574. The third kappa shape index (κ3) is 4.63. The Morgan fingerprint density at radius 1 is 1.32 bits per heavy atom. The van der Waals surface area contributed by atoms with Crippen molar-refractivity contribution in [3.8, 4) is 5.75 Å². The first kappa shape index (κ1) is 16.6. The summed E-state index contributed by atoms with van der Waals surface area (Å²) in [5, 5.41) is 12.5. The van der Waals surface area contributed by atoms with Gasteiger partial charge in [-0.3, -0.25) is 9.59 Å². The van der Waals surface area contributed by atoms with Crippen molar-refractivity contribution in [1.82, 2.24) is 5.32 Å². The molecule has 0 unspecified atom stereocenters. The molecule has 2 N–H and O–H groups in total. The molecule has 1 aliphatic carbocycles. The molecule has 1 aliphatic rings. The first-order chi connectivity index (χ1) is 10.5. The maximum absolute atomic E-state index is 11.9. The van der Waals surface area contributed by atoms with Gasteiger partial charge in [0.2, 0.25) is 0 Å². The second-order valence-electron chi connectivity index (χ2n) is 5.65. The van der Waals surface area contributed by atoms with Gasteiger partial charge in [0.1, 0.15) is 5.75 Å². The molecule has 0 radical (unpaired) electrons. The molecule has 0 heterocycles. The van der Waals surface area contributed by atoms with Gasteiger partial charge in [0.05, 0.1) is 5.92 Å². The van der Waals surface area contributed by atoms with Crippen LogP contribution in [0.5, 0.6) is 5.75 Å². The Labute approximate surface area is 134 Å². The Morgan fingerprint density at radius 2 is 2.00 bits per heavy atom. The van der Waals surface area contributed by atoms with E-state index in [1.807, 2.05) is 6.92 Å². The molecule has 1 aromatic rings. The van der Waals surface area contributed by atoms with Crippen LogP contribution in [0.2, 0.25) is 5.02 Å². The number of aryl methyl sites for hydroxylation is 1. The predicted molar refractivity (Wildman–Crippen MR) is 83.2 cm³/mol. The summed E-state index contributed by atoms with van der Waals surface area (Å²) in [6.45, 7) is 1.81. The number of benzene rings is 1. The smallest absolute Gasteiger partial charge is 0.306 e. The van der Waals surface area contributed by atoms with E-state index in [4.69, 9.17) is 21.4 Å². The Hall–Kier alpha value is -1.75. The number of hydrogen-bond donors (Lipinski definition) is 2. The van der Waals surface area contributed by atoms with Gasteiger partial charge in [-0.25, -0.2) is 0 Å². The number of hydrogen-bond acceptors (Lipinski definition) is 3. The van der Waals surface area contributed by atoms with Crippen LogP contribution in [-0.2, 0) is 9.59 Å². The minimum atomic E-state index is -0.744. The molecule has 2 rings (SSSR count). The summed E-state index contributed by atoms with van der Waals surface area (Å²) < 4.78 is 5.49. The van der Waals surface area contributed by atoms with E-state index in [1.165, 1.54) is 0 Å². The molecule has 0 saturated heterocycles. The zero-order valence-electron chi connectivity index (χ0n) is 12.5. The fraction of sp³-hybridized carbons (Fsp3) is 0.500. The monoisotopic (exact) mass is 325 g/mol. The van der Waals surface area contributed by atoms with Crippen LogP contribution >= 0.6 is 11.6 Å². The topological polar surface area (TPSA) is 75.6 Å². The maximum Gasteiger partial charge on any atom is 0.306 e. The highest BCUT2D eigenvalue weighted by atomic mass is 35.5. The molecular weight excluding hydrogens is 306 g/mol. The van der Waals surface area contributed by atoms with Gasteiger partial charge in [0.25, 0.3) is 5.91 Å². The first-order valence-electron chi connectivity index (χ1n) is 7.37. The van der Waals surface area contributed by atoms with E-state index in [-0.39, 0.29) is 24.5 Å². The molecule has 22 heavy (non-hydrogen) atoms. The van der Waals surface area contributed by atoms with Crippen molar-refractivity contribution in [2.75, 3.05) is 6.61 Å². The van der Waals surface area contributed by atoms with Crippen molar-refractivity contribution in [2.24, 2.45) is 5.92 Å². The van der Waals surface area contributed by atoms with Crippen molar-refractivity contribution in [2.45, 2.75) is 38.6 Å². The highest BCUT2D eigenvalue weighted by Gasteiger charge is 2.26. The quantitative estimate of drug-likeness (QED) is 0.873. The van der Waals surface area contributed by atoms with Crippen LogP contribution in [0.15, 0.2) is 18.2 Å². The number of nitrogens with one attached hydrogen (secondary N) is 1. The van der Waals surface area contributed by atoms with E-state index in [1.54, 1.807) is 18.2 Å². The highest BCUT2D eigenvalue weighted by molar-refractivity contribution is 6.30. The van der Waals surface area contributed by atoms with Crippen molar-refractivity contribution in [3.63, 3.8) is 0 Å². The summed E-state index contributed by atoms with van der Waals surface area (Å²) in [6.07, 6.45) is 2.61. The van der Waals surface area contributed by atoms with Gasteiger partial charge in [-0.2, -0.15) is 0 Å². The fourth-order valence-corrected chi connectivity index (χ4v) is 2.90. The number of ether oxygens (including phenoxy) is 1. The molecule has 6 heteroatoms. The summed E-state index contributed by atoms with van der Waals surface area (Å²) in [7, 11) is 0. The number of rotatable bonds is 5. The van der Waals surface area contributed by atoms with Crippen LogP contribution in [0.1, 0.15) is 31.2 Å². The van der Waals surface area contributed by atoms with E-state index in [9.17, 15) is 9.59 Å². The lowest BCUT2D eigenvalue weighted by molar-refractivity contribution is -0.142. The molecule has 0 aromatic heterocycles. The largest absolute Gasteiger partial charge is 0.484 e. The molecule has 0 aliphatic heterocycles. The number of amides is 1. The number of aliphatic carboxylic acids is 1. The summed E-state index contributed by atoms with van der Waals surface area (Å²) in [5.41, 5.74) is 0.877. The Balaban J connectivity index is 1.75. The molecule has 1 saturated carbocycles. The van der Waals surface area contributed by atoms with Crippen LogP contribution in [0.25, 0.3) is 0 Å². The van der Waals surface area contributed by atoms with E-state index < -0.39 is 5.97 Å². The summed E-state index contributed by atoms with van der Waals surface area (Å²) in [6, 6.07) is 5.28. The van der Waals surface area contributed by atoms with Crippen molar-refractivity contribution < 1.29 is 19.4 Å². The van der Waals surface area contributed by atoms with Gasteiger partial charge in [0.15, 0.2) is 6.61 Å². The van der Waals surface area contributed by atoms with Crippen LogP contribution in [-0.4, -0.2) is 29.6 Å². The molecule has 1 aromatic carbocycles. The highest BCUT2D eigenvalue weighted by Crippen LogP contribution is 2.24. The number of carboxylic acid groups (broad SMARTS) is 1. The SMILES string of the molecule is Cc1cc(Cl)ccc1OCC(=O)NC1CCC(C(=O)O)CC1. The van der Waals surface area contributed by atoms with Gasteiger partial charge < -0.3 is 15.2 Å². The second-order valence-corrected chi connectivity index (χ2v) is 6.09. The molecule has 120 valence electrons. The van der Waals surface area contributed by atoms with Crippen molar-refractivity contribution in [1.29, 1.82) is 0 Å². The maximum atomic E-state index is 11.9. The minimum absolute atomic E-state index is 0.0398. The van der Waals surface area contributed by atoms with Crippen molar-refractivity contribution >= 4 is 23.5 Å². The number of carbonyl (C=O) groups excluding carboxylic acids is 1. The average Bonchev–Trinajstić information content (AvgIpc) is 2.47. The van der Waals surface area contributed by atoms with Crippen molar-refractivity contribution in [3.05, 3.63) is 28.8 Å². The van der Waals surface area contributed by atoms with E-state index in [0.717, 1.165) is 5.56 Å². The minimum Gasteiger partial charge on any atom is -0.484 e. The molecule has 0 bridgehead atoms. The van der Waals surface area contributed by atoms with Gasteiger partial charge in [0, 0.05) is 11.1 Å². The zero-order valence-corrected chi connectivity index (χ0v) is 13.2. The molecule has 0 atom stereocenters. The molecule has 0 spiro atoms. The lowest BCUT2D eigenvalue weighted by atomic mass is 9.86. The van der Waals surface area contributed by atoms with Gasteiger partial charge in [-0.15, -0.1) is 0 Å². The standard InChI is InChI=1S/C16H20ClNO4/c1-10-8-12(17)4-7-14(10)22-9-15(19)18-13-5-2-11(3-6-13)16(20)21/h4,7-8,11,13H,2-3,5-6,9H2,1H3,(H,18,19)(H,20,21). The molecule has 1 amide bonds. The number of carboxylic acids is 1. The normalized spacial score (nSPS) is 21.2. The Bertz CT molecular complexity index is 553. The average molecular weight is 326 g/mol. The predicted octanol–water partition coefficient (Wildman–Crippen LogP) is 2.79. The summed E-state index contributed by atoms with van der Waals surface area (Å²) >= 11 is 5.87. The lowest BCUT2D eigenvalue weighted by Gasteiger charge is -2.26. The van der Waals surface area contributed by atoms with Crippen LogP contribution in [0.3, 0.4) is 0 Å². The third-order valence-electron chi connectivity index (χ3n) is 3.94. The van der Waals surface area contributed by atoms with E-state index in [2.05, 4.69) is 5.32 Å². The second kappa shape index (κ2) is 7.49. The number of carbonyl (C=O) groups is 2.